The topological polar surface area (TPSA) is 27.6 Å². The molecule has 0 saturated heterocycles. The van der Waals surface area contributed by atoms with Crippen LogP contribution in [0.15, 0.2) is 29.3 Å². The lowest BCUT2D eigenvalue weighted by atomic mass is 10.2. The first-order chi connectivity index (χ1) is 8.67. The molecule has 0 radical (unpaired) electrons. The fourth-order valence-corrected chi connectivity index (χ4v) is 1.96. The molecule has 0 aliphatic heterocycles. The van der Waals surface area contributed by atoms with Gasteiger partial charge in [-0.25, -0.2) is 0 Å². The van der Waals surface area contributed by atoms with Crippen LogP contribution >= 0.6 is 35.6 Å². The molecule has 3 nitrogen and oxygen atoms in total. The molecule has 0 aliphatic carbocycles. The van der Waals surface area contributed by atoms with Gasteiger partial charge in [-0.3, -0.25) is 4.99 Å². The summed E-state index contributed by atoms with van der Waals surface area (Å²) in [6, 6.07) is 7.91. The van der Waals surface area contributed by atoms with Crippen molar-refractivity contribution in [1.29, 1.82) is 0 Å². The van der Waals surface area contributed by atoms with E-state index in [2.05, 4.69) is 28.2 Å². The summed E-state index contributed by atoms with van der Waals surface area (Å²) in [4.78, 5) is 6.38. The van der Waals surface area contributed by atoms with E-state index in [1.807, 2.05) is 32.3 Å². The van der Waals surface area contributed by atoms with Crippen molar-refractivity contribution in [3.8, 4) is 0 Å². The van der Waals surface area contributed by atoms with Gasteiger partial charge in [-0.2, -0.15) is 0 Å². The number of nitrogens with one attached hydrogen (secondary N) is 1. The number of hydrogen-bond acceptors (Lipinski definition) is 1. The third-order valence-electron chi connectivity index (χ3n) is 2.70. The van der Waals surface area contributed by atoms with E-state index in [9.17, 15) is 0 Å². The molecular weight excluding hydrogens is 373 g/mol. The summed E-state index contributed by atoms with van der Waals surface area (Å²) in [6.45, 7) is 3.94. The lowest BCUT2D eigenvalue weighted by Crippen LogP contribution is -2.38. The van der Waals surface area contributed by atoms with Gasteiger partial charge in [0.15, 0.2) is 5.96 Å². The monoisotopic (exact) mass is 395 g/mol. The lowest BCUT2D eigenvalue weighted by molar-refractivity contribution is 0.475. The molecule has 0 bridgehead atoms. The number of benzene rings is 1. The van der Waals surface area contributed by atoms with Gasteiger partial charge in [-0.15, -0.1) is 24.0 Å². The van der Waals surface area contributed by atoms with Crippen molar-refractivity contribution in [3.63, 3.8) is 0 Å². The van der Waals surface area contributed by atoms with Crippen LogP contribution in [0, 0.1) is 0 Å². The molecule has 0 fully saturated rings. The summed E-state index contributed by atoms with van der Waals surface area (Å²) >= 11 is 5.98. The summed E-state index contributed by atoms with van der Waals surface area (Å²) in [5, 5.41) is 4.12. The van der Waals surface area contributed by atoms with E-state index in [1.165, 1.54) is 12.0 Å². The zero-order valence-electron chi connectivity index (χ0n) is 11.8. The smallest absolute Gasteiger partial charge is 0.193 e. The molecular formula is C14H23ClIN3. The first-order valence-electron chi connectivity index (χ1n) is 6.33. The van der Waals surface area contributed by atoms with Crippen molar-refractivity contribution in [3.05, 3.63) is 34.9 Å². The zero-order valence-corrected chi connectivity index (χ0v) is 14.9. The Hall–Kier alpha value is -0.490. The second kappa shape index (κ2) is 10.3. The zero-order chi connectivity index (χ0) is 13.4. The predicted octanol–water partition coefficient (Wildman–Crippen LogP) is 3.77. The Balaban J connectivity index is 0.00000324. The molecule has 108 valence electrons. The van der Waals surface area contributed by atoms with Crippen molar-refractivity contribution >= 4 is 41.5 Å². The number of aliphatic imine (C=N–C) groups is 1. The molecule has 1 aromatic carbocycles. The second-order valence-corrected chi connectivity index (χ2v) is 4.75. The number of halogens is 2. The Morgan fingerprint density at radius 1 is 1.42 bits per heavy atom. The van der Waals surface area contributed by atoms with Gasteiger partial charge >= 0.3 is 0 Å². The lowest BCUT2D eigenvalue weighted by Gasteiger charge is -2.22. The van der Waals surface area contributed by atoms with E-state index < -0.39 is 0 Å². The molecule has 0 unspecified atom stereocenters. The van der Waals surface area contributed by atoms with E-state index in [1.54, 1.807) is 0 Å². The van der Waals surface area contributed by atoms with Crippen LogP contribution in [0.4, 0.5) is 0 Å². The van der Waals surface area contributed by atoms with Crippen LogP contribution < -0.4 is 5.32 Å². The van der Waals surface area contributed by atoms with E-state index in [-0.39, 0.29) is 24.0 Å². The molecule has 0 saturated carbocycles. The summed E-state index contributed by atoms with van der Waals surface area (Å²) in [5.41, 5.74) is 1.18. The maximum absolute atomic E-state index is 5.98. The van der Waals surface area contributed by atoms with Gasteiger partial charge in [0.25, 0.3) is 0 Å². The highest BCUT2D eigenvalue weighted by atomic mass is 127. The largest absolute Gasteiger partial charge is 0.356 e. The Morgan fingerprint density at radius 2 is 2.16 bits per heavy atom. The van der Waals surface area contributed by atoms with Gasteiger partial charge in [0.05, 0.1) is 0 Å². The van der Waals surface area contributed by atoms with Crippen molar-refractivity contribution < 1.29 is 0 Å². The summed E-state index contributed by atoms with van der Waals surface area (Å²) in [7, 11) is 3.84. The van der Waals surface area contributed by atoms with Crippen LogP contribution in [-0.4, -0.2) is 31.5 Å². The van der Waals surface area contributed by atoms with Crippen LogP contribution in [0.25, 0.3) is 0 Å². The molecule has 5 heteroatoms. The third kappa shape index (κ3) is 7.01. The molecule has 19 heavy (non-hydrogen) atoms. The fourth-order valence-electron chi connectivity index (χ4n) is 1.75. The molecule has 1 rings (SSSR count). The van der Waals surface area contributed by atoms with Gasteiger partial charge in [0.2, 0.25) is 0 Å². The summed E-state index contributed by atoms with van der Waals surface area (Å²) < 4.78 is 0. The Morgan fingerprint density at radius 3 is 2.74 bits per heavy atom. The highest BCUT2D eigenvalue weighted by molar-refractivity contribution is 14.0. The van der Waals surface area contributed by atoms with E-state index in [0.717, 1.165) is 30.5 Å². The number of hydrogen-bond donors (Lipinski definition) is 1. The quantitative estimate of drug-likeness (QED) is 0.356. The Kier molecular flexibility index (Phi) is 10.0. The normalized spacial score (nSPS) is 10.8. The molecule has 1 N–H and O–H groups in total. The van der Waals surface area contributed by atoms with E-state index in [0.29, 0.717) is 0 Å². The van der Waals surface area contributed by atoms with Crippen molar-refractivity contribution in [1.82, 2.24) is 10.2 Å². The summed E-state index contributed by atoms with van der Waals surface area (Å²) in [6.07, 6.45) is 2.34. The third-order valence-corrected chi connectivity index (χ3v) is 2.93. The summed E-state index contributed by atoms with van der Waals surface area (Å²) in [5.74, 6) is 0.920. The van der Waals surface area contributed by atoms with Crippen molar-refractivity contribution in [2.45, 2.75) is 26.3 Å². The SMILES string of the molecule is CCCCNC(=NC)N(C)Cc1cccc(Cl)c1.I. The Labute approximate surface area is 138 Å². The average molecular weight is 396 g/mol. The standard InChI is InChI=1S/C14H22ClN3.HI/c1-4-5-9-17-14(16-2)18(3)11-12-7-6-8-13(15)10-12;/h6-8,10H,4-5,9,11H2,1-3H3,(H,16,17);1H. The van der Waals surface area contributed by atoms with Gasteiger partial charge in [0, 0.05) is 32.2 Å². The number of unbranched alkanes of at least 4 members (excludes halogenated alkanes) is 1. The van der Waals surface area contributed by atoms with Crippen LogP contribution in [0.3, 0.4) is 0 Å². The van der Waals surface area contributed by atoms with Gasteiger partial charge < -0.3 is 10.2 Å². The van der Waals surface area contributed by atoms with Gasteiger partial charge in [-0.05, 0) is 24.1 Å². The first-order valence-corrected chi connectivity index (χ1v) is 6.71. The minimum atomic E-state index is 0. The molecule has 0 atom stereocenters. The Bertz CT molecular complexity index is 396. The number of guanidine groups is 1. The highest BCUT2D eigenvalue weighted by Crippen LogP contribution is 2.12. The van der Waals surface area contributed by atoms with Gasteiger partial charge in [0.1, 0.15) is 0 Å². The second-order valence-electron chi connectivity index (χ2n) is 4.31. The minimum Gasteiger partial charge on any atom is -0.356 e. The van der Waals surface area contributed by atoms with Crippen LogP contribution in [-0.2, 0) is 6.54 Å². The molecule has 0 aliphatic rings. The molecule has 0 heterocycles. The maximum Gasteiger partial charge on any atom is 0.193 e. The molecule has 0 spiro atoms. The van der Waals surface area contributed by atoms with Gasteiger partial charge in [-0.1, -0.05) is 37.1 Å². The molecule has 0 aromatic heterocycles. The predicted molar refractivity (Wildman–Crippen MR) is 94.6 cm³/mol. The van der Waals surface area contributed by atoms with Crippen LogP contribution in [0.1, 0.15) is 25.3 Å². The number of nitrogens with zero attached hydrogens (tertiary/aromatic N) is 2. The van der Waals surface area contributed by atoms with Crippen LogP contribution in [0.5, 0.6) is 0 Å². The fraction of sp³-hybridized carbons (Fsp3) is 0.500. The van der Waals surface area contributed by atoms with Crippen molar-refractivity contribution in [2.24, 2.45) is 4.99 Å². The highest BCUT2D eigenvalue weighted by Gasteiger charge is 2.05. The minimum absolute atomic E-state index is 0. The van der Waals surface area contributed by atoms with Crippen LogP contribution in [0.2, 0.25) is 5.02 Å². The maximum atomic E-state index is 5.98. The molecule has 0 amide bonds. The molecule has 1 aromatic rings. The number of rotatable bonds is 5. The van der Waals surface area contributed by atoms with Crippen molar-refractivity contribution in [2.75, 3.05) is 20.6 Å². The average Bonchev–Trinajstić information content (AvgIpc) is 2.34. The first kappa shape index (κ1) is 18.5. The van der Waals surface area contributed by atoms with E-state index in [4.69, 9.17) is 11.6 Å². The van der Waals surface area contributed by atoms with E-state index >= 15 is 0 Å².